The second kappa shape index (κ2) is 5.12. The lowest BCUT2D eigenvalue weighted by Gasteiger charge is -2.09. The van der Waals surface area contributed by atoms with Crippen LogP contribution in [0.4, 0.5) is 0 Å². The van der Waals surface area contributed by atoms with Crippen molar-refractivity contribution in [3.8, 4) is 17.0 Å². The highest BCUT2D eigenvalue weighted by Crippen LogP contribution is 2.29. The summed E-state index contributed by atoms with van der Waals surface area (Å²) >= 11 is 5.75. The maximum absolute atomic E-state index is 9.13. The van der Waals surface area contributed by atoms with E-state index in [1.807, 2.05) is 6.07 Å². The third-order valence-corrected chi connectivity index (χ3v) is 2.53. The summed E-state index contributed by atoms with van der Waals surface area (Å²) in [4.78, 5) is 7.95. The molecule has 5 heteroatoms. The molecule has 4 nitrogen and oxygen atoms in total. The molecule has 0 amide bonds. The largest absolute Gasteiger partial charge is 0.496 e. The Balaban J connectivity index is 2.56. The minimum atomic E-state index is -0.0319. The molecule has 0 atom stereocenters. The van der Waals surface area contributed by atoms with E-state index in [1.165, 1.54) is 0 Å². The van der Waals surface area contributed by atoms with Gasteiger partial charge in [-0.3, -0.25) is 0 Å². The fourth-order valence-corrected chi connectivity index (χ4v) is 1.69. The topological polar surface area (TPSA) is 55.2 Å². The van der Waals surface area contributed by atoms with E-state index in [-0.39, 0.29) is 11.9 Å². The summed E-state index contributed by atoms with van der Waals surface area (Å²) in [6.45, 7) is -0.0319. The van der Waals surface area contributed by atoms with Crippen molar-refractivity contribution >= 4 is 11.6 Å². The molecular weight excluding hydrogens is 240 g/mol. The van der Waals surface area contributed by atoms with E-state index < -0.39 is 0 Å². The zero-order chi connectivity index (χ0) is 12.3. The Morgan fingerprint density at radius 2 is 2.18 bits per heavy atom. The molecule has 0 saturated heterocycles. The van der Waals surface area contributed by atoms with Gasteiger partial charge in [-0.25, -0.2) is 9.97 Å². The van der Waals surface area contributed by atoms with E-state index in [4.69, 9.17) is 21.4 Å². The Morgan fingerprint density at radius 3 is 2.82 bits per heavy atom. The van der Waals surface area contributed by atoms with Crippen LogP contribution < -0.4 is 4.74 Å². The summed E-state index contributed by atoms with van der Waals surface area (Å²) < 4.78 is 5.25. The van der Waals surface area contributed by atoms with Crippen molar-refractivity contribution in [1.29, 1.82) is 0 Å². The maximum atomic E-state index is 9.13. The monoisotopic (exact) mass is 250 g/mol. The molecule has 0 radical (unpaired) electrons. The first-order chi connectivity index (χ1) is 8.24. The molecule has 0 fully saturated rings. The van der Waals surface area contributed by atoms with Gasteiger partial charge in [-0.2, -0.15) is 0 Å². The van der Waals surface area contributed by atoms with Crippen LogP contribution in [0.25, 0.3) is 11.3 Å². The number of hydrogen-bond acceptors (Lipinski definition) is 4. The minimum absolute atomic E-state index is 0.0319. The molecule has 0 bridgehead atoms. The first kappa shape index (κ1) is 11.8. The first-order valence-corrected chi connectivity index (χ1v) is 5.39. The van der Waals surface area contributed by atoms with Gasteiger partial charge in [0.2, 0.25) is 5.28 Å². The van der Waals surface area contributed by atoms with E-state index in [1.54, 1.807) is 31.5 Å². The average molecular weight is 251 g/mol. The lowest BCUT2D eigenvalue weighted by Crippen LogP contribution is -1.93. The summed E-state index contributed by atoms with van der Waals surface area (Å²) in [5.41, 5.74) is 2.23. The normalized spacial score (nSPS) is 10.3. The van der Waals surface area contributed by atoms with Crippen molar-refractivity contribution in [3.05, 3.63) is 41.3 Å². The highest BCUT2D eigenvalue weighted by atomic mass is 35.5. The van der Waals surface area contributed by atoms with Crippen LogP contribution >= 0.6 is 11.6 Å². The van der Waals surface area contributed by atoms with Crippen molar-refractivity contribution in [3.63, 3.8) is 0 Å². The van der Waals surface area contributed by atoms with Gasteiger partial charge in [-0.05, 0) is 35.4 Å². The molecule has 2 rings (SSSR count). The Morgan fingerprint density at radius 1 is 1.35 bits per heavy atom. The SMILES string of the molecule is COc1ccc(CO)cc1-c1ccnc(Cl)n1. The van der Waals surface area contributed by atoms with Crippen molar-refractivity contribution in [1.82, 2.24) is 9.97 Å². The Kier molecular flexibility index (Phi) is 3.56. The molecular formula is C12H11ClN2O2. The van der Waals surface area contributed by atoms with Crippen LogP contribution in [-0.4, -0.2) is 22.2 Å². The number of aromatic nitrogens is 2. The summed E-state index contributed by atoms with van der Waals surface area (Å²) in [5, 5.41) is 9.31. The fourth-order valence-electron chi connectivity index (χ4n) is 1.54. The molecule has 88 valence electrons. The maximum Gasteiger partial charge on any atom is 0.222 e. The van der Waals surface area contributed by atoms with E-state index in [2.05, 4.69) is 9.97 Å². The second-order valence-corrected chi connectivity index (χ2v) is 3.74. The van der Waals surface area contributed by atoms with Gasteiger partial charge in [-0.15, -0.1) is 0 Å². The highest BCUT2D eigenvalue weighted by molar-refractivity contribution is 6.28. The number of hydrogen-bond donors (Lipinski definition) is 1. The molecule has 0 saturated carbocycles. The molecule has 0 spiro atoms. The van der Waals surface area contributed by atoms with Crippen molar-refractivity contribution in [2.24, 2.45) is 0 Å². The lowest BCUT2D eigenvalue weighted by atomic mass is 10.1. The van der Waals surface area contributed by atoms with Crippen LogP contribution in [0.3, 0.4) is 0 Å². The van der Waals surface area contributed by atoms with Gasteiger partial charge >= 0.3 is 0 Å². The standard InChI is InChI=1S/C12H11ClN2O2/c1-17-11-3-2-8(7-16)6-9(11)10-4-5-14-12(13)15-10/h2-6,16H,7H2,1H3. The molecule has 1 heterocycles. The minimum Gasteiger partial charge on any atom is -0.496 e. The van der Waals surface area contributed by atoms with Gasteiger partial charge < -0.3 is 9.84 Å². The molecule has 1 aromatic carbocycles. The van der Waals surface area contributed by atoms with Crippen molar-refractivity contribution < 1.29 is 9.84 Å². The molecule has 0 aliphatic heterocycles. The van der Waals surface area contributed by atoms with Crippen LogP contribution in [0.1, 0.15) is 5.56 Å². The summed E-state index contributed by atoms with van der Waals surface area (Å²) in [6, 6.07) is 7.14. The number of nitrogens with zero attached hydrogens (tertiary/aromatic N) is 2. The zero-order valence-electron chi connectivity index (χ0n) is 9.22. The van der Waals surface area contributed by atoms with Gasteiger partial charge in [0.05, 0.1) is 19.4 Å². The summed E-state index contributed by atoms with van der Waals surface area (Å²) in [5.74, 6) is 0.678. The second-order valence-electron chi connectivity index (χ2n) is 3.40. The zero-order valence-corrected chi connectivity index (χ0v) is 9.98. The third-order valence-electron chi connectivity index (χ3n) is 2.35. The molecule has 2 aromatic rings. The summed E-state index contributed by atoms with van der Waals surface area (Å²) in [7, 11) is 1.58. The molecule has 0 aliphatic carbocycles. The van der Waals surface area contributed by atoms with Crippen LogP contribution in [-0.2, 0) is 6.61 Å². The number of methoxy groups -OCH3 is 1. The van der Waals surface area contributed by atoms with Gasteiger partial charge in [0.25, 0.3) is 0 Å². The fraction of sp³-hybridized carbons (Fsp3) is 0.167. The highest BCUT2D eigenvalue weighted by Gasteiger charge is 2.08. The van der Waals surface area contributed by atoms with E-state index >= 15 is 0 Å². The van der Waals surface area contributed by atoms with Crippen LogP contribution in [0, 0.1) is 0 Å². The van der Waals surface area contributed by atoms with Gasteiger partial charge in [0.15, 0.2) is 0 Å². The summed E-state index contributed by atoms with van der Waals surface area (Å²) in [6.07, 6.45) is 1.58. The predicted octanol–water partition coefficient (Wildman–Crippen LogP) is 2.30. The van der Waals surface area contributed by atoms with Crippen LogP contribution in [0.2, 0.25) is 5.28 Å². The van der Waals surface area contributed by atoms with Crippen LogP contribution in [0.15, 0.2) is 30.5 Å². The quantitative estimate of drug-likeness (QED) is 0.850. The molecule has 0 unspecified atom stereocenters. The lowest BCUT2D eigenvalue weighted by molar-refractivity contribution is 0.281. The third kappa shape index (κ3) is 2.54. The number of benzene rings is 1. The smallest absolute Gasteiger partial charge is 0.222 e. The number of aliphatic hydroxyl groups is 1. The first-order valence-electron chi connectivity index (χ1n) is 5.01. The van der Waals surface area contributed by atoms with Crippen molar-refractivity contribution in [2.75, 3.05) is 7.11 Å². The van der Waals surface area contributed by atoms with E-state index in [0.29, 0.717) is 11.4 Å². The number of rotatable bonds is 3. The van der Waals surface area contributed by atoms with E-state index in [0.717, 1.165) is 11.1 Å². The van der Waals surface area contributed by atoms with Crippen LogP contribution in [0.5, 0.6) is 5.75 Å². The molecule has 1 aromatic heterocycles. The number of aliphatic hydroxyl groups excluding tert-OH is 1. The number of halogens is 1. The molecule has 0 aliphatic rings. The Bertz CT molecular complexity index is 532. The van der Waals surface area contributed by atoms with Gasteiger partial charge in [-0.1, -0.05) is 6.07 Å². The molecule has 17 heavy (non-hydrogen) atoms. The van der Waals surface area contributed by atoms with Gasteiger partial charge in [0.1, 0.15) is 5.75 Å². The Hall–Kier alpha value is -1.65. The van der Waals surface area contributed by atoms with Crippen molar-refractivity contribution in [2.45, 2.75) is 6.61 Å². The van der Waals surface area contributed by atoms with E-state index in [9.17, 15) is 0 Å². The number of ether oxygens (including phenoxy) is 1. The molecule has 1 N–H and O–H groups in total. The average Bonchev–Trinajstić information content (AvgIpc) is 2.38. The van der Waals surface area contributed by atoms with Gasteiger partial charge in [0, 0.05) is 11.8 Å². The Labute approximate surface area is 104 Å². The predicted molar refractivity (Wildman–Crippen MR) is 65.0 cm³/mol.